The number of nitrogens with zero attached hydrogens (tertiary/aromatic N) is 1. The van der Waals surface area contributed by atoms with E-state index in [0.717, 1.165) is 13.1 Å². The summed E-state index contributed by atoms with van der Waals surface area (Å²) in [6.07, 6.45) is 1.49. The lowest BCUT2D eigenvalue weighted by Gasteiger charge is -2.28. The second kappa shape index (κ2) is 5.07. The van der Waals surface area contributed by atoms with Crippen LogP contribution in [0.2, 0.25) is 0 Å². The van der Waals surface area contributed by atoms with Crippen molar-refractivity contribution in [3.63, 3.8) is 0 Å². The average Bonchev–Trinajstić information content (AvgIpc) is 2.46. The number of Topliss-reactive ketones (excluding diaryl/α,β-unsaturated/α-hetero) is 1. The fourth-order valence-corrected chi connectivity index (χ4v) is 2.49. The molecule has 0 radical (unpaired) electrons. The Balaban J connectivity index is 1.84. The highest BCUT2D eigenvalue weighted by Gasteiger charge is 2.26. The third-order valence-corrected chi connectivity index (χ3v) is 3.53. The lowest BCUT2D eigenvalue weighted by atomic mass is 9.89. The van der Waals surface area contributed by atoms with Gasteiger partial charge in [0.05, 0.1) is 13.2 Å². The highest BCUT2D eigenvalue weighted by molar-refractivity contribution is 6.24. The smallest absolute Gasteiger partial charge is 0.191 e. The first-order valence-electron chi connectivity index (χ1n) is 6.44. The number of carbonyl (C=O) groups is 2. The molecule has 1 fully saturated rings. The Morgan fingerprint density at radius 2 is 1.74 bits per heavy atom. The number of allylic oxidation sites excluding steroid dienone is 1. The van der Waals surface area contributed by atoms with E-state index >= 15 is 0 Å². The number of benzene rings is 1. The standard InChI is InChI=1S/C15H15NO3/c17-14-9-11(10-16-5-7-19-8-6-16)15(18)13-4-2-1-3-12(13)14/h1-4,9H,5-8,10H2. The molecule has 1 aromatic rings. The molecule has 0 spiro atoms. The third kappa shape index (κ3) is 2.37. The molecule has 4 heteroatoms. The first-order valence-corrected chi connectivity index (χ1v) is 6.44. The van der Waals surface area contributed by atoms with Crippen molar-refractivity contribution in [3.8, 4) is 0 Å². The number of fused-ring (bicyclic) bond motifs is 1. The monoisotopic (exact) mass is 257 g/mol. The van der Waals surface area contributed by atoms with Crippen molar-refractivity contribution >= 4 is 11.6 Å². The molecule has 0 N–H and O–H groups in total. The summed E-state index contributed by atoms with van der Waals surface area (Å²) in [5.74, 6) is -0.0971. The molecule has 0 bridgehead atoms. The predicted octanol–water partition coefficient (Wildman–Crippen LogP) is 1.32. The summed E-state index contributed by atoms with van der Waals surface area (Å²) >= 11 is 0. The summed E-state index contributed by atoms with van der Waals surface area (Å²) in [6, 6.07) is 7.01. The van der Waals surface area contributed by atoms with E-state index in [9.17, 15) is 9.59 Å². The van der Waals surface area contributed by atoms with E-state index in [2.05, 4.69) is 4.90 Å². The van der Waals surface area contributed by atoms with Gasteiger partial charge in [0.1, 0.15) is 0 Å². The second-order valence-electron chi connectivity index (χ2n) is 4.80. The molecule has 1 aliphatic carbocycles. The summed E-state index contributed by atoms with van der Waals surface area (Å²) in [6.45, 7) is 3.52. The van der Waals surface area contributed by atoms with Crippen LogP contribution >= 0.6 is 0 Å². The molecule has 4 nitrogen and oxygen atoms in total. The van der Waals surface area contributed by atoms with Crippen LogP contribution in [-0.4, -0.2) is 49.3 Å². The van der Waals surface area contributed by atoms with Crippen molar-refractivity contribution < 1.29 is 14.3 Å². The highest BCUT2D eigenvalue weighted by atomic mass is 16.5. The van der Waals surface area contributed by atoms with Crippen molar-refractivity contribution in [2.24, 2.45) is 0 Å². The van der Waals surface area contributed by atoms with Gasteiger partial charge in [-0.3, -0.25) is 14.5 Å². The lowest BCUT2D eigenvalue weighted by Crippen LogP contribution is -2.39. The number of morpholine rings is 1. The Bertz CT molecular complexity index is 556. The Labute approximate surface area is 111 Å². The van der Waals surface area contributed by atoms with Gasteiger partial charge in [-0.25, -0.2) is 0 Å². The maximum Gasteiger partial charge on any atom is 0.191 e. The quantitative estimate of drug-likeness (QED) is 0.801. The number of ether oxygens (including phenoxy) is 1. The third-order valence-electron chi connectivity index (χ3n) is 3.53. The van der Waals surface area contributed by atoms with E-state index in [4.69, 9.17) is 4.74 Å². The molecule has 98 valence electrons. The van der Waals surface area contributed by atoms with Gasteiger partial charge in [0, 0.05) is 36.3 Å². The Morgan fingerprint density at radius 1 is 1.05 bits per heavy atom. The molecule has 0 aromatic heterocycles. The van der Waals surface area contributed by atoms with Crippen LogP contribution in [0.4, 0.5) is 0 Å². The van der Waals surface area contributed by atoms with Crippen molar-refractivity contribution in [2.75, 3.05) is 32.8 Å². The fourth-order valence-electron chi connectivity index (χ4n) is 2.49. The number of ketones is 2. The van der Waals surface area contributed by atoms with Gasteiger partial charge in [-0.2, -0.15) is 0 Å². The van der Waals surface area contributed by atoms with E-state index in [1.54, 1.807) is 24.3 Å². The SMILES string of the molecule is O=C1C=C(CN2CCOCC2)C(=O)c2ccccc21. The molecular formula is C15H15NO3. The van der Waals surface area contributed by atoms with Gasteiger partial charge >= 0.3 is 0 Å². The van der Waals surface area contributed by atoms with Crippen molar-refractivity contribution in [3.05, 3.63) is 47.0 Å². The van der Waals surface area contributed by atoms with Crippen LogP contribution in [0.5, 0.6) is 0 Å². The van der Waals surface area contributed by atoms with Gasteiger partial charge in [-0.05, 0) is 6.08 Å². The van der Waals surface area contributed by atoms with Crippen LogP contribution in [0.25, 0.3) is 0 Å². The van der Waals surface area contributed by atoms with Crippen LogP contribution in [-0.2, 0) is 4.74 Å². The van der Waals surface area contributed by atoms with E-state index < -0.39 is 0 Å². The van der Waals surface area contributed by atoms with Crippen LogP contribution < -0.4 is 0 Å². The minimum atomic E-state index is -0.0709. The van der Waals surface area contributed by atoms with Crippen LogP contribution in [0.15, 0.2) is 35.9 Å². The van der Waals surface area contributed by atoms with Gasteiger partial charge in [-0.15, -0.1) is 0 Å². The van der Waals surface area contributed by atoms with E-state index in [1.807, 2.05) is 0 Å². The molecule has 0 saturated carbocycles. The zero-order valence-electron chi connectivity index (χ0n) is 10.6. The Morgan fingerprint density at radius 3 is 2.47 bits per heavy atom. The summed E-state index contributed by atoms with van der Waals surface area (Å²) < 4.78 is 5.28. The van der Waals surface area contributed by atoms with E-state index in [1.165, 1.54) is 6.08 Å². The van der Waals surface area contributed by atoms with Crippen molar-refractivity contribution in [2.45, 2.75) is 0 Å². The molecule has 2 aliphatic rings. The average molecular weight is 257 g/mol. The predicted molar refractivity (Wildman–Crippen MR) is 70.4 cm³/mol. The second-order valence-corrected chi connectivity index (χ2v) is 4.80. The summed E-state index contributed by atoms with van der Waals surface area (Å²) in [7, 11) is 0. The van der Waals surface area contributed by atoms with Crippen LogP contribution in [0.3, 0.4) is 0 Å². The van der Waals surface area contributed by atoms with Crippen LogP contribution in [0.1, 0.15) is 20.7 Å². The van der Waals surface area contributed by atoms with E-state index in [-0.39, 0.29) is 11.6 Å². The molecular weight excluding hydrogens is 242 g/mol. The maximum atomic E-state index is 12.4. The topological polar surface area (TPSA) is 46.6 Å². The molecule has 0 amide bonds. The van der Waals surface area contributed by atoms with Gasteiger partial charge < -0.3 is 4.74 Å². The molecule has 1 aliphatic heterocycles. The molecule has 0 unspecified atom stereocenters. The highest BCUT2D eigenvalue weighted by Crippen LogP contribution is 2.21. The minimum absolute atomic E-state index is 0.0262. The normalized spacial score (nSPS) is 20.1. The fraction of sp³-hybridized carbons (Fsp3) is 0.333. The minimum Gasteiger partial charge on any atom is -0.379 e. The van der Waals surface area contributed by atoms with Gasteiger partial charge in [0.15, 0.2) is 11.6 Å². The number of hydrogen-bond donors (Lipinski definition) is 0. The largest absolute Gasteiger partial charge is 0.379 e. The number of carbonyl (C=O) groups excluding carboxylic acids is 2. The first-order chi connectivity index (χ1) is 9.25. The van der Waals surface area contributed by atoms with Crippen molar-refractivity contribution in [1.29, 1.82) is 0 Å². The van der Waals surface area contributed by atoms with Gasteiger partial charge in [0.2, 0.25) is 0 Å². The molecule has 19 heavy (non-hydrogen) atoms. The summed E-state index contributed by atoms with van der Waals surface area (Å²) in [5.41, 5.74) is 1.63. The van der Waals surface area contributed by atoms with Crippen molar-refractivity contribution in [1.82, 2.24) is 4.90 Å². The molecule has 1 aromatic carbocycles. The molecule has 1 heterocycles. The lowest BCUT2D eigenvalue weighted by molar-refractivity contribution is 0.0417. The van der Waals surface area contributed by atoms with Crippen LogP contribution in [0, 0.1) is 0 Å². The number of rotatable bonds is 2. The zero-order valence-corrected chi connectivity index (χ0v) is 10.6. The van der Waals surface area contributed by atoms with Gasteiger partial charge in [0.25, 0.3) is 0 Å². The first kappa shape index (κ1) is 12.3. The number of hydrogen-bond acceptors (Lipinski definition) is 4. The maximum absolute atomic E-state index is 12.4. The summed E-state index contributed by atoms with van der Waals surface area (Å²) in [5, 5.41) is 0. The Kier molecular flexibility index (Phi) is 3.27. The zero-order chi connectivity index (χ0) is 13.2. The van der Waals surface area contributed by atoms with E-state index in [0.29, 0.717) is 36.5 Å². The molecule has 1 saturated heterocycles. The van der Waals surface area contributed by atoms with Gasteiger partial charge in [-0.1, -0.05) is 24.3 Å². The Hall–Kier alpha value is -1.78. The summed E-state index contributed by atoms with van der Waals surface area (Å²) in [4.78, 5) is 26.5. The molecule has 0 atom stereocenters. The molecule has 3 rings (SSSR count).